The van der Waals surface area contributed by atoms with Crippen molar-refractivity contribution in [3.8, 4) is 0 Å². The highest BCUT2D eigenvalue weighted by molar-refractivity contribution is 7.99. The van der Waals surface area contributed by atoms with Gasteiger partial charge in [-0.1, -0.05) is 43.7 Å². The SMILES string of the molecule is CCCc1ccc(C(NC(=O)c2cc(S(=O)(=O)N3CCSCC3)c[nH]2)c2cccs2)cc1. The molecule has 1 fully saturated rings. The highest BCUT2D eigenvalue weighted by atomic mass is 32.2. The number of aromatic nitrogens is 1. The number of rotatable bonds is 8. The molecule has 1 aliphatic heterocycles. The Labute approximate surface area is 197 Å². The Kier molecular flexibility index (Phi) is 7.40. The van der Waals surface area contributed by atoms with Gasteiger partial charge in [-0.15, -0.1) is 11.3 Å². The number of carbonyl (C=O) groups is 1. The molecule has 1 amide bonds. The van der Waals surface area contributed by atoms with Crippen LogP contribution >= 0.6 is 23.1 Å². The third-order valence-electron chi connectivity index (χ3n) is 5.46. The minimum atomic E-state index is -3.60. The van der Waals surface area contributed by atoms with Gasteiger partial charge in [-0.2, -0.15) is 16.1 Å². The molecule has 0 bridgehead atoms. The Balaban J connectivity index is 1.54. The average Bonchev–Trinajstić information content (AvgIpc) is 3.52. The molecule has 6 nitrogen and oxygen atoms in total. The molecule has 9 heteroatoms. The lowest BCUT2D eigenvalue weighted by molar-refractivity contribution is 0.0939. The van der Waals surface area contributed by atoms with E-state index in [4.69, 9.17) is 0 Å². The quantitative estimate of drug-likeness (QED) is 0.495. The van der Waals surface area contributed by atoms with E-state index in [1.165, 1.54) is 22.1 Å². The Morgan fingerprint density at radius 2 is 1.94 bits per heavy atom. The average molecular weight is 490 g/mol. The molecule has 2 N–H and O–H groups in total. The van der Waals surface area contributed by atoms with Crippen LogP contribution in [0.25, 0.3) is 0 Å². The number of nitrogens with zero attached hydrogens (tertiary/aromatic N) is 1. The van der Waals surface area contributed by atoms with Gasteiger partial charge in [-0.3, -0.25) is 4.79 Å². The van der Waals surface area contributed by atoms with Crippen LogP contribution in [0.2, 0.25) is 0 Å². The van der Waals surface area contributed by atoms with Crippen LogP contribution in [-0.2, 0) is 16.4 Å². The first-order chi connectivity index (χ1) is 15.5. The number of nitrogens with one attached hydrogen (secondary N) is 2. The number of thioether (sulfide) groups is 1. The molecule has 0 radical (unpaired) electrons. The number of hydrogen-bond acceptors (Lipinski definition) is 5. The van der Waals surface area contributed by atoms with Crippen LogP contribution in [0.1, 0.15) is 45.9 Å². The second kappa shape index (κ2) is 10.2. The smallest absolute Gasteiger partial charge is 0.268 e. The molecule has 1 atom stereocenters. The monoisotopic (exact) mass is 489 g/mol. The van der Waals surface area contributed by atoms with Gasteiger partial charge in [0.25, 0.3) is 5.91 Å². The van der Waals surface area contributed by atoms with Gasteiger partial charge in [0.15, 0.2) is 0 Å². The van der Waals surface area contributed by atoms with E-state index in [-0.39, 0.29) is 22.5 Å². The summed E-state index contributed by atoms with van der Waals surface area (Å²) < 4.78 is 27.3. The minimum absolute atomic E-state index is 0.131. The summed E-state index contributed by atoms with van der Waals surface area (Å²) in [6.45, 7) is 3.14. The highest BCUT2D eigenvalue weighted by Crippen LogP contribution is 2.27. The van der Waals surface area contributed by atoms with Crippen molar-refractivity contribution in [3.05, 3.63) is 75.7 Å². The van der Waals surface area contributed by atoms with Gasteiger partial charge in [-0.05, 0) is 35.1 Å². The number of thiophene rings is 1. The van der Waals surface area contributed by atoms with Gasteiger partial charge >= 0.3 is 0 Å². The first kappa shape index (κ1) is 23.1. The summed E-state index contributed by atoms with van der Waals surface area (Å²) in [6, 6.07) is 13.4. The summed E-state index contributed by atoms with van der Waals surface area (Å²) in [6.07, 6.45) is 3.51. The number of aryl methyl sites for hydroxylation is 1. The van der Waals surface area contributed by atoms with E-state index in [1.807, 2.05) is 17.5 Å². The van der Waals surface area contributed by atoms with Gasteiger partial charge in [0.1, 0.15) is 10.6 Å². The molecule has 0 spiro atoms. The zero-order valence-corrected chi connectivity index (χ0v) is 20.4. The van der Waals surface area contributed by atoms with Crippen LogP contribution < -0.4 is 5.32 Å². The summed E-state index contributed by atoms with van der Waals surface area (Å²) in [5.74, 6) is 1.24. The van der Waals surface area contributed by atoms with E-state index in [9.17, 15) is 13.2 Å². The second-order valence-electron chi connectivity index (χ2n) is 7.68. The van der Waals surface area contributed by atoms with Gasteiger partial charge in [-0.25, -0.2) is 8.42 Å². The Hall–Kier alpha value is -2.07. The van der Waals surface area contributed by atoms with E-state index < -0.39 is 10.0 Å². The summed E-state index contributed by atoms with van der Waals surface area (Å²) in [5.41, 5.74) is 2.49. The van der Waals surface area contributed by atoms with Crippen molar-refractivity contribution < 1.29 is 13.2 Å². The van der Waals surface area contributed by atoms with E-state index in [0.29, 0.717) is 13.1 Å². The maximum atomic E-state index is 13.1. The maximum absolute atomic E-state index is 13.1. The Morgan fingerprint density at radius 1 is 1.19 bits per heavy atom. The van der Waals surface area contributed by atoms with E-state index in [1.54, 1.807) is 23.1 Å². The molecule has 3 aromatic rings. The number of sulfonamides is 1. The molecule has 0 saturated carbocycles. The van der Waals surface area contributed by atoms with Crippen LogP contribution in [0, 0.1) is 0 Å². The number of hydrogen-bond donors (Lipinski definition) is 2. The molecule has 1 saturated heterocycles. The predicted octanol–water partition coefficient (Wildman–Crippen LogP) is 4.29. The zero-order valence-electron chi connectivity index (χ0n) is 17.9. The standard InChI is InChI=1S/C23H27N3O3S3/c1-2-4-17-6-8-18(9-7-17)22(21-5-3-12-31-21)25-23(27)20-15-19(16-24-20)32(28,29)26-10-13-30-14-11-26/h3,5-9,12,15-16,22,24H,2,4,10-11,13-14H2,1H3,(H,25,27). The molecule has 1 aromatic carbocycles. The van der Waals surface area contributed by atoms with E-state index in [0.717, 1.165) is 34.8 Å². The summed E-state index contributed by atoms with van der Waals surface area (Å²) >= 11 is 3.33. The van der Waals surface area contributed by atoms with Crippen molar-refractivity contribution in [3.63, 3.8) is 0 Å². The Morgan fingerprint density at radius 3 is 2.59 bits per heavy atom. The van der Waals surface area contributed by atoms with Gasteiger partial charge in [0.05, 0.1) is 6.04 Å². The maximum Gasteiger partial charge on any atom is 0.268 e. The van der Waals surface area contributed by atoms with Gasteiger partial charge in [0, 0.05) is 35.7 Å². The number of H-pyrrole nitrogens is 1. The number of amides is 1. The van der Waals surface area contributed by atoms with Crippen molar-refractivity contribution >= 4 is 39.0 Å². The molecule has 2 aromatic heterocycles. The third kappa shape index (κ3) is 5.11. The molecule has 32 heavy (non-hydrogen) atoms. The number of benzene rings is 1. The van der Waals surface area contributed by atoms with Crippen LogP contribution in [0.15, 0.2) is 58.9 Å². The summed E-state index contributed by atoms with van der Waals surface area (Å²) in [7, 11) is -3.60. The molecule has 1 unspecified atom stereocenters. The zero-order chi connectivity index (χ0) is 22.6. The first-order valence-electron chi connectivity index (χ1n) is 10.7. The minimum Gasteiger partial charge on any atom is -0.356 e. The lowest BCUT2D eigenvalue weighted by atomic mass is 10.0. The third-order valence-corrected chi connectivity index (χ3v) is 9.22. The fraction of sp³-hybridized carbons (Fsp3) is 0.348. The van der Waals surface area contributed by atoms with Crippen molar-refractivity contribution in [2.45, 2.75) is 30.7 Å². The normalized spacial score (nSPS) is 16.0. The lowest BCUT2D eigenvalue weighted by Crippen LogP contribution is -2.37. The van der Waals surface area contributed by atoms with Crippen LogP contribution in [-0.4, -0.2) is 48.2 Å². The molecule has 170 valence electrons. The number of carbonyl (C=O) groups excluding carboxylic acids is 1. The first-order valence-corrected chi connectivity index (χ1v) is 14.2. The molecule has 1 aliphatic rings. The largest absolute Gasteiger partial charge is 0.356 e. The molecule has 3 heterocycles. The van der Waals surface area contributed by atoms with E-state index >= 15 is 0 Å². The van der Waals surface area contributed by atoms with Crippen LogP contribution in [0.4, 0.5) is 0 Å². The fourth-order valence-electron chi connectivity index (χ4n) is 3.74. The van der Waals surface area contributed by atoms with Crippen LogP contribution in [0.5, 0.6) is 0 Å². The second-order valence-corrected chi connectivity index (χ2v) is 11.8. The molecule has 4 rings (SSSR count). The highest BCUT2D eigenvalue weighted by Gasteiger charge is 2.28. The van der Waals surface area contributed by atoms with Crippen molar-refractivity contribution in [1.82, 2.24) is 14.6 Å². The number of aromatic amines is 1. The van der Waals surface area contributed by atoms with Gasteiger partial charge in [0.2, 0.25) is 10.0 Å². The fourth-order valence-corrected chi connectivity index (χ4v) is 7.11. The summed E-state index contributed by atoms with van der Waals surface area (Å²) in [4.78, 5) is 17.1. The van der Waals surface area contributed by atoms with Crippen molar-refractivity contribution in [1.29, 1.82) is 0 Å². The predicted molar refractivity (Wildman–Crippen MR) is 131 cm³/mol. The molecular formula is C23H27N3O3S3. The topological polar surface area (TPSA) is 82.3 Å². The Bertz CT molecular complexity index is 1130. The molecule has 0 aliphatic carbocycles. The van der Waals surface area contributed by atoms with Crippen LogP contribution in [0.3, 0.4) is 0 Å². The molecular weight excluding hydrogens is 462 g/mol. The van der Waals surface area contributed by atoms with Gasteiger partial charge < -0.3 is 10.3 Å². The van der Waals surface area contributed by atoms with E-state index in [2.05, 4.69) is 41.5 Å². The summed E-state index contributed by atoms with van der Waals surface area (Å²) in [5, 5.41) is 5.06. The van der Waals surface area contributed by atoms with Crippen molar-refractivity contribution in [2.24, 2.45) is 0 Å². The lowest BCUT2D eigenvalue weighted by Gasteiger charge is -2.24. The van der Waals surface area contributed by atoms with Crippen molar-refractivity contribution in [2.75, 3.05) is 24.6 Å².